The number of rotatable bonds is 12. The minimum atomic E-state index is -0.653. The lowest BCUT2D eigenvalue weighted by atomic mass is 10.0. The smallest absolute Gasteiger partial charge is 0.261 e. The van der Waals surface area contributed by atoms with Crippen molar-refractivity contribution in [2.75, 3.05) is 13.2 Å². The molecule has 5 nitrogen and oxygen atoms in total. The summed E-state index contributed by atoms with van der Waals surface area (Å²) >= 11 is 0. The van der Waals surface area contributed by atoms with Crippen LogP contribution in [0.1, 0.15) is 47.6 Å². The Morgan fingerprint density at radius 2 is 1.61 bits per heavy atom. The fourth-order valence-electron chi connectivity index (χ4n) is 4.25. The van der Waals surface area contributed by atoms with Gasteiger partial charge in [-0.2, -0.15) is 0 Å². The van der Waals surface area contributed by atoms with Crippen LogP contribution >= 0.6 is 0 Å². The molecule has 0 fully saturated rings. The van der Waals surface area contributed by atoms with E-state index in [1.807, 2.05) is 87.5 Å². The normalized spacial score (nSPS) is 11.6. The zero-order valence-electron chi connectivity index (χ0n) is 21.9. The summed E-state index contributed by atoms with van der Waals surface area (Å²) in [6.07, 6.45) is 2.31. The molecule has 3 aromatic rings. The molecule has 0 saturated heterocycles. The lowest BCUT2D eigenvalue weighted by Crippen LogP contribution is -2.51. The first kappa shape index (κ1) is 27.0. The molecule has 0 aliphatic heterocycles. The van der Waals surface area contributed by atoms with Crippen molar-refractivity contribution in [3.63, 3.8) is 0 Å². The zero-order chi connectivity index (χ0) is 25.9. The maximum Gasteiger partial charge on any atom is 0.261 e. The summed E-state index contributed by atoms with van der Waals surface area (Å²) in [6, 6.07) is 23.1. The molecule has 0 unspecified atom stereocenters. The fraction of sp³-hybridized carbons (Fsp3) is 0.355. The summed E-state index contributed by atoms with van der Waals surface area (Å²) in [7, 11) is 0. The molecule has 0 bridgehead atoms. The highest BCUT2D eigenvalue weighted by Gasteiger charge is 2.30. The third kappa shape index (κ3) is 7.98. The van der Waals surface area contributed by atoms with Gasteiger partial charge in [0.25, 0.3) is 5.91 Å². The van der Waals surface area contributed by atoms with Crippen molar-refractivity contribution in [2.24, 2.45) is 0 Å². The third-order valence-corrected chi connectivity index (χ3v) is 6.22. The number of carbonyl (C=O) groups excluding carboxylic acids is 2. The molecule has 190 valence electrons. The molecule has 0 aromatic heterocycles. The van der Waals surface area contributed by atoms with Gasteiger partial charge in [-0.3, -0.25) is 9.59 Å². The minimum absolute atomic E-state index is 0.136. The quantitative estimate of drug-likeness (QED) is 0.342. The fourth-order valence-corrected chi connectivity index (χ4v) is 4.25. The van der Waals surface area contributed by atoms with E-state index < -0.39 is 6.04 Å². The van der Waals surface area contributed by atoms with Crippen LogP contribution in [0.3, 0.4) is 0 Å². The minimum Gasteiger partial charge on any atom is -0.483 e. The van der Waals surface area contributed by atoms with Gasteiger partial charge in [-0.1, -0.05) is 91.2 Å². The highest BCUT2D eigenvalue weighted by Crippen LogP contribution is 2.20. The van der Waals surface area contributed by atoms with E-state index in [1.165, 1.54) is 0 Å². The number of hydrogen-bond acceptors (Lipinski definition) is 3. The molecule has 0 aliphatic rings. The first-order valence-electron chi connectivity index (χ1n) is 12.7. The van der Waals surface area contributed by atoms with E-state index in [2.05, 4.69) is 18.3 Å². The van der Waals surface area contributed by atoms with Crippen molar-refractivity contribution in [3.8, 4) is 5.75 Å². The Bertz CT molecular complexity index is 1140. The lowest BCUT2D eigenvalue weighted by Gasteiger charge is -2.31. The van der Waals surface area contributed by atoms with Crippen molar-refractivity contribution in [2.45, 2.75) is 59.5 Å². The van der Waals surface area contributed by atoms with Crippen LogP contribution in [0.5, 0.6) is 5.75 Å². The summed E-state index contributed by atoms with van der Waals surface area (Å²) in [4.78, 5) is 28.8. The van der Waals surface area contributed by atoms with E-state index in [-0.39, 0.29) is 18.4 Å². The van der Waals surface area contributed by atoms with Crippen molar-refractivity contribution in [1.82, 2.24) is 10.2 Å². The number of nitrogens with zero attached hydrogens (tertiary/aromatic N) is 1. The van der Waals surface area contributed by atoms with Gasteiger partial charge in [0, 0.05) is 19.5 Å². The molecule has 36 heavy (non-hydrogen) atoms. The number of unbranched alkanes of at least 4 members (excludes halogenated alkanes) is 1. The molecule has 3 aromatic carbocycles. The van der Waals surface area contributed by atoms with E-state index >= 15 is 0 Å². The van der Waals surface area contributed by atoms with Crippen LogP contribution in [0, 0.1) is 20.8 Å². The number of carbonyl (C=O) groups is 2. The molecule has 0 aliphatic carbocycles. The van der Waals surface area contributed by atoms with Gasteiger partial charge in [-0.25, -0.2) is 0 Å². The summed E-state index contributed by atoms with van der Waals surface area (Å²) in [5.41, 5.74) is 5.21. The number of hydrogen-bond donors (Lipinski definition) is 1. The molecule has 1 N–H and O–H groups in total. The second kappa shape index (κ2) is 13.5. The van der Waals surface area contributed by atoms with Gasteiger partial charge in [-0.05, 0) is 49.9 Å². The topological polar surface area (TPSA) is 58.6 Å². The second-order valence-electron chi connectivity index (χ2n) is 9.42. The molecule has 3 rings (SSSR count). The Kier molecular flexibility index (Phi) is 10.1. The monoisotopic (exact) mass is 486 g/mol. The van der Waals surface area contributed by atoms with E-state index in [9.17, 15) is 9.59 Å². The van der Waals surface area contributed by atoms with Crippen molar-refractivity contribution >= 4 is 11.8 Å². The predicted molar refractivity (Wildman–Crippen MR) is 145 cm³/mol. The summed E-state index contributed by atoms with van der Waals surface area (Å²) in [5, 5.41) is 3.05. The SMILES string of the molecule is CCCCNC(=O)[C@@H](Cc1ccccc1)N(Cc1cccc(C)c1)C(=O)COc1ccc(C)cc1C. The number of nitrogens with one attached hydrogen (secondary N) is 1. The second-order valence-corrected chi connectivity index (χ2v) is 9.42. The highest BCUT2D eigenvalue weighted by molar-refractivity contribution is 5.88. The molecule has 0 heterocycles. The number of aryl methyl sites for hydroxylation is 3. The molecule has 2 amide bonds. The Balaban J connectivity index is 1.89. The average Bonchev–Trinajstić information content (AvgIpc) is 2.86. The van der Waals surface area contributed by atoms with Crippen LogP contribution in [0.25, 0.3) is 0 Å². The first-order valence-corrected chi connectivity index (χ1v) is 12.7. The zero-order valence-corrected chi connectivity index (χ0v) is 21.9. The van der Waals surface area contributed by atoms with Crippen molar-refractivity contribution in [1.29, 1.82) is 0 Å². The summed E-state index contributed by atoms with van der Waals surface area (Å²) in [5.74, 6) is 0.319. The van der Waals surface area contributed by atoms with Crippen molar-refractivity contribution < 1.29 is 14.3 Å². The van der Waals surface area contributed by atoms with Crippen LogP contribution in [0.4, 0.5) is 0 Å². The lowest BCUT2D eigenvalue weighted by molar-refractivity contribution is -0.142. The molecule has 0 spiro atoms. The number of ether oxygens (including phenoxy) is 1. The van der Waals surface area contributed by atoms with Gasteiger partial charge >= 0.3 is 0 Å². The van der Waals surface area contributed by atoms with Crippen LogP contribution in [-0.4, -0.2) is 35.9 Å². The summed E-state index contributed by atoms with van der Waals surface area (Å²) < 4.78 is 5.95. The van der Waals surface area contributed by atoms with Gasteiger partial charge < -0.3 is 15.0 Å². The maximum atomic E-state index is 13.7. The third-order valence-electron chi connectivity index (χ3n) is 6.22. The van der Waals surface area contributed by atoms with Crippen LogP contribution in [-0.2, 0) is 22.6 Å². The predicted octanol–water partition coefficient (Wildman–Crippen LogP) is 5.55. The standard InChI is InChI=1S/C31H38N2O3/c1-5-6-17-32-31(35)28(20-26-12-8-7-9-13-26)33(21-27-14-10-11-23(2)19-27)30(34)22-36-29-16-15-24(3)18-25(29)4/h7-16,18-19,28H,5-6,17,20-22H2,1-4H3,(H,32,35)/t28-/m1/s1. The van der Waals surface area contributed by atoms with Gasteiger partial charge in [0.15, 0.2) is 6.61 Å². The van der Waals surface area contributed by atoms with E-state index in [1.54, 1.807) is 4.90 Å². The Morgan fingerprint density at radius 3 is 2.31 bits per heavy atom. The number of amides is 2. The first-order chi connectivity index (χ1) is 17.4. The highest BCUT2D eigenvalue weighted by atomic mass is 16.5. The van der Waals surface area contributed by atoms with Crippen LogP contribution in [0.15, 0.2) is 72.8 Å². The molecular weight excluding hydrogens is 448 g/mol. The van der Waals surface area contributed by atoms with Crippen molar-refractivity contribution in [3.05, 3.63) is 101 Å². The molecule has 0 saturated carbocycles. The molecule has 0 radical (unpaired) electrons. The molecule has 5 heteroatoms. The molecule has 1 atom stereocenters. The Labute approximate surface area is 215 Å². The van der Waals surface area contributed by atoms with Gasteiger partial charge in [0.1, 0.15) is 11.8 Å². The molecular formula is C31H38N2O3. The van der Waals surface area contributed by atoms with Gasteiger partial charge in [0.05, 0.1) is 0 Å². The van der Waals surface area contributed by atoms with E-state index in [0.717, 1.165) is 40.7 Å². The van der Waals surface area contributed by atoms with E-state index in [0.29, 0.717) is 25.3 Å². The van der Waals surface area contributed by atoms with Crippen LogP contribution in [0.2, 0.25) is 0 Å². The average molecular weight is 487 g/mol. The Morgan fingerprint density at radius 1 is 0.889 bits per heavy atom. The van der Waals surface area contributed by atoms with E-state index in [4.69, 9.17) is 4.74 Å². The van der Waals surface area contributed by atoms with Crippen LogP contribution < -0.4 is 10.1 Å². The van der Waals surface area contributed by atoms with Gasteiger partial charge in [0.2, 0.25) is 5.91 Å². The summed E-state index contributed by atoms with van der Waals surface area (Å²) in [6.45, 7) is 8.89. The number of benzene rings is 3. The largest absolute Gasteiger partial charge is 0.483 e. The maximum absolute atomic E-state index is 13.7. The Hall–Kier alpha value is -3.60. The van der Waals surface area contributed by atoms with Gasteiger partial charge in [-0.15, -0.1) is 0 Å².